The summed E-state index contributed by atoms with van der Waals surface area (Å²) in [5, 5.41) is 0.833. The van der Waals surface area contributed by atoms with Crippen molar-refractivity contribution in [2.45, 2.75) is 18.4 Å². The zero-order chi connectivity index (χ0) is 20.3. The third kappa shape index (κ3) is 4.29. The minimum atomic E-state index is -3.85. The Morgan fingerprint density at radius 2 is 1.71 bits per heavy atom. The van der Waals surface area contributed by atoms with E-state index >= 15 is 0 Å². The smallest absolute Gasteiger partial charge is 0.328 e. The van der Waals surface area contributed by atoms with E-state index in [-0.39, 0.29) is 22.7 Å². The number of nitrogens with two attached hydrogens (primary N) is 1. The van der Waals surface area contributed by atoms with Crippen LogP contribution in [0.1, 0.15) is 16.7 Å². The molecule has 0 aliphatic carbocycles. The van der Waals surface area contributed by atoms with Crippen LogP contribution in [0.25, 0.3) is 5.70 Å². The molecule has 2 aromatic carbocycles. The van der Waals surface area contributed by atoms with Gasteiger partial charge in [-0.25, -0.2) is 13.2 Å². The van der Waals surface area contributed by atoms with Gasteiger partial charge in [-0.15, -0.1) is 0 Å². The van der Waals surface area contributed by atoms with E-state index in [1.807, 2.05) is 37.3 Å². The fraction of sp³-hybridized carbons (Fsp3) is 0.100. The van der Waals surface area contributed by atoms with E-state index in [0.717, 1.165) is 16.5 Å². The first-order valence-corrected chi connectivity index (χ1v) is 9.98. The lowest BCUT2D eigenvalue weighted by Gasteiger charge is -2.08. The van der Waals surface area contributed by atoms with Crippen LogP contribution in [-0.4, -0.2) is 18.0 Å². The molecule has 0 aliphatic heterocycles. The van der Waals surface area contributed by atoms with Crippen molar-refractivity contribution in [3.8, 4) is 0 Å². The number of aromatic nitrogens is 2. The summed E-state index contributed by atoms with van der Waals surface area (Å²) in [6, 6.07) is 15.4. The SMILES string of the molecule is Cc1ccc(S(=O)(=O)/C=C(\N)c2cn(Cc3ccccc3)c(=O)[nH]c2=O)cc1. The fourth-order valence-electron chi connectivity index (χ4n) is 2.64. The van der Waals surface area contributed by atoms with Gasteiger partial charge >= 0.3 is 5.69 Å². The third-order valence-corrected chi connectivity index (χ3v) is 5.64. The van der Waals surface area contributed by atoms with Crippen molar-refractivity contribution >= 4 is 15.5 Å². The number of benzene rings is 2. The van der Waals surface area contributed by atoms with Crippen molar-refractivity contribution in [3.05, 3.63) is 104 Å². The molecular weight excluding hydrogens is 378 g/mol. The van der Waals surface area contributed by atoms with Crippen LogP contribution in [0.2, 0.25) is 0 Å². The van der Waals surface area contributed by atoms with E-state index < -0.39 is 21.1 Å². The van der Waals surface area contributed by atoms with E-state index in [2.05, 4.69) is 4.98 Å². The van der Waals surface area contributed by atoms with Crippen molar-refractivity contribution < 1.29 is 8.42 Å². The first-order valence-electron chi connectivity index (χ1n) is 8.43. The third-order valence-electron chi connectivity index (χ3n) is 4.15. The van der Waals surface area contributed by atoms with Gasteiger partial charge < -0.3 is 5.73 Å². The maximum atomic E-state index is 12.5. The summed E-state index contributed by atoms with van der Waals surface area (Å²) < 4.78 is 26.4. The Hall–Kier alpha value is -3.39. The van der Waals surface area contributed by atoms with Crippen LogP contribution >= 0.6 is 0 Å². The van der Waals surface area contributed by atoms with Crippen LogP contribution in [0.4, 0.5) is 0 Å². The van der Waals surface area contributed by atoms with Gasteiger partial charge in [0.1, 0.15) is 0 Å². The van der Waals surface area contributed by atoms with Crippen molar-refractivity contribution in [2.24, 2.45) is 5.73 Å². The van der Waals surface area contributed by atoms with E-state index in [0.29, 0.717) is 0 Å². The quantitative estimate of drug-likeness (QED) is 0.679. The summed E-state index contributed by atoms with van der Waals surface area (Å²) in [4.78, 5) is 26.5. The molecule has 0 atom stereocenters. The maximum absolute atomic E-state index is 12.5. The Morgan fingerprint density at radius 3 is 2.36 bits per heavy atom. The maximum Gasteiger partial charge on any atom is 0.328 e. The molecule has 144 valence electrons. The van der Waals surface area contributed by atoms with Crippen molar-refractivity contribution in [3.63, 3.8) is 0 Å². The zero-order valence-corrected chi connectivity index (χ0v) is 15.9. The molecular formula is C20H19N3O4S. The Bertz CT molecular complexity index is 1240. The first kappa shape index (κ1) is 19.4. The number of nitrogens with one attached hydrogen (secondary N) is 1. The molecule has 0 radical (unpaired) electrons. The van der Waals surface area contributed by atoms with Gasteiger partial charge in [0, 0.05) is 6.20 Å². The van der Waals surface area contributed by atoms with Gasteiger partial charge in [0.15, 0.2) is 0 Å². The fourth-order valence-corrected chi connectivity index (χ4v) is 3.75. The molecule has 28 heavy (non-hydrogen) atoms. The lowest BCUT2D eigenvalue weighted by molar-refractivity contribution is 0.604. The minimum Gasteiger partial charge on any atom is -0.397 e. The van der Waals surface area contributed by atoms with Crippen molar-refractivity contribution in [2.75, 3.05) is 0 Å². The molecule has 0 bridgehead atoms. The number of nitrogens with zero attached hydrogens (tertiary/aromatic N) is 1. The second-order valence-corrected chi connectivity index (χ2v) is 8.14. The molecule has 1 aromatic heterocycles. The van der Waals surface area contributed by atoms with Crippen molar-refractivity contribution in [1.82, 2.24) is 9.55 Å². The molecule has 3 rings (SSSR count). The van der Waals surface area contributed by atoms with Gasteiger partial charge in [0.05, 0.1) is 28.1 Å². The second kappa shape index (κ2) is 7.69. The van der Waals surface area contributed by atoms with Crippen LogP contribution in [0.5, 0.6) is 0 Å². The number of aryl methyl sites for hydroxylation is 1. The molecule has 0 fully saturated rings. The van der Waals surface area contributed by atoms with Gasteiger partial charge in [-0.05, 0) is 24.6 Å². The van der Waals surface area contributed by atoms with Crippen LogP contribution in [0.15, 0.2) is 80.7 Å². The Kier molecular flexibility index (Phi) is 5.32. The molecule has 8 heteroatoms. The molecule has 0 saturated carbocycles. The van der Waals surface area contributed by atoms with Crippen LogP contribution < -0.4 is 17.0 Å². The molecule has 3 aromatic rings. The Morgan fingerprint density at radius 1 is 1.07 bits per heavy atom. The molecule has 0 unspecified atom stereocenters. The monoisotopic (exact) mass is 397 g/mol. The average Bonchev–Trinajstić information content (AvgIpc) is 2.64. The lowest BCUT2D eigenvalue weighted by atomic mass is 10.2. The summed E-state index contributed by atoms with van der Waals surface area (Å²) in [5.41, 5.74) is 5.98. The standard InChI is InChI=1S/C20H19N3O4S/c1-14-7-9-16(10-8-14)28(26,27)13-18(21)17-12-23(20(25)22-19(17)24)11-15-5-3-2-4-6-15/h2-10,12-13H,11,21H2,1H3,(H,22,24,25)/b18-13-. The minimum absolute atomic E-state index is 0.0649. The normalized spacial score (nSPS) is 12.1. The van der Waals surface area contributed by atoms with E-state index in [1.54, 1.807) is 12.1 Å². The highest BCUT2D eigenvalue weighted by atomic mass is 32.2. The molecule has 0 spiro atoms. The zero-order valence-electron chi connectivity index (χ0n) is 15.1. The summed E-state index contributed by atoms with van der Waals surface area (Å²) in [5.74, 6) is 0. The van der Waals surface area contributed by atoms with Crippen LogP contribution in [0, 0.1) is 6.92 Å². The van der Waals surface area contributed by atoms with Gasteiger partial charge in [-0.3, -0.25) is 14.3 Å². The van der Waals surface area contributed by atoms with E-state index in [4.69, 9.17) is 5.73 Å². The summed E-state index contributed by atoms with van der Waals surface area (Å²) in [7, 11) is -3.85. The number of aromatic amines is 1. The predicted molar refractivity (Wildman–Crippen MR) is 107 cm³/mol. The molecule has 0 amide bonds. The van der Waals surface area contributed by atoms with E-state index in [1.165, 1.54) is 22.9 Å². The highest BCUT2D eigenvalue weighted by Gasteiger charge is 2.15. The van der Waals surface area contributed by atoms with E-state index in [9.17, 15) is 18.0 Å². The number of H-pyrrole nitrogens is 1. The first-order chi connectivity index (χ1) is 13.3. The van der Waals surface area contributed by atoms with Gasteiger partial charge in [-0.2, -0.15) is 0 Å². The summed E-state index contributed by atoms with van der Waals surface area (Å²) in [6.45, 7) is 2.05. The number of rotatable bonds is 5. The highest BCUT2D eigenvalue weighted by molar-refractivity contribution is 7.94. The molecule has 0 aliphatic rings. The predicted octanol–water partition coefficient (Wildman–Crippen LogP) is 1.62. The lowest BCUT2D eigenvalue weighted by Crippen LogP contribution is -2.32. The Labute approximate surface area is 161 Å². The van der Waals surface area contributed by atoms with Crippen LogP contribution in [-0.2, 0) is 16.4 Å². The molecule has 7 nitrogen and oxygen atoms in total. The largest absolute Gasteiger partial charge is 0.397 e. The molecule has 0 saturated heterocycles. The Balaban J connectivity index is 2.01. The highest BCUT2D eigenvalue weighted by Crippen LogP contribution is 2.16. The molecule has 1 heterocycles. The average molecular weight is 397 g/mol. The topological polar surface area (TPSA) is 115 Å². The van der Waals surface area contributed by atoms with Crippen molar-refractivity contribution in [1.29, 1.82) is 0 Å². The summed E-state index contributed by atoms with van der Waals surface area (Å²) in [6.07, 6.45) is 1.27. The second-order valence-electron chi connectivity index (χ2n) is 6.35. The number of sulfone groups is 1. The number of hydrogen-bond acceptors (Lipinski definition) is 5. The van der Waals surface area contributed by atoms with Gasteiger partial charge in [0.25, 0.3) is 5.56 Å². The summed E-state index contributed by atoms with van der Waals surface area (Å²) >= 11 is 0. The van der Waals surface area contributed by atoms with Gasteiger partial charge in [-0.1, -0.05) is 48.0 Å². The van der Waals surface area contributed by atoms with Crippen LogP contribution in [0.3, 0.4) is 0 Å². The molecule has 3 N–H and O–H groups in total. The van der Waals surface area contributed by atoms with Gasteiger partial charge in [0.2, 0.25) is 9.84 Å². The number of hydrogen-bond donors (Lipinski definition) is 2.